The fourth-order valence-electron chi connectivity index (χ4n) is 3.15. The number of nitrogens with two attached hydrogens (primary N) is 1. The Morgan fingerprint density at radius 3 is 3.00 bits per heavy atom. The Labute approximate surface area is 144 Å². The molecule has 0 spiro atoms. The van der Waals surface area contributed by atoms with Crippen molar-refractivity contribution >= 4 is 27.0 Å². The van der Waals surface area contributed by atoms with Gasteiger partial charge in [-0.3, -0.25) is 0 Å². The largest absolute Gasteiger partial charge is 0.496 e. The lowest BCUT2D eigenvalue weighted by atomic mass is 9.95. The van der Waals surface area contributed by atoms with Gasteiger partial charge in [0.05, 0.1) is 32.1 Å². The van der Waals surface area contributed by atoms with Crippen molar-refractivity contribution in [3.8, 4) is 0 Å². The molecule has 0 bridgehead atoms. The van der Waals surface area contributed by atoms with Crippen LogP contribution in [0.4, 0.5) is 5.13 Å². The first kappa shape index (κ1) is 15.6. The Morgan fingerprint density at radius 1 is 1.50 bits per heavy atom. The van der Waals surface area contributed by atoms with Crippen LogP contribution < -0.4 is 10.6 Å². The van der Waals surface area contributed by atoms with Gasteiger partial charge in [0.15, 0.2) is 0 Å². The van der Waals surface area contributed by atoms with Gasteiger partial charge >= 0.3 is 0 Å². The van der Waals surface area contributed by atoms with Gasteiger partial charge in [-0.25, -0.2) is 9.50 Å². The minimum atomic E-state index is -0.787. The predicted molar refractivity (Wildman–Crippen MR) is 93.9 cm³/mol. The third-order valence-electron chi connectivity index (χ3n) is 4.59. The zero-order valence-corrected chi connectivity index (χ0v) is 14.6. The highest BCUT2D eigenvalue weighted by Gasteiger charge is 2.41. The van der Waals surface area contributed by atoms with Crippen molar-refractivity contribution in [2.45, 2.75) is 18.9 Å². The lowest BCUT2D eigenvalue weighted by Crippen LogP contribution is -2.65. The van der Waals surface area contributed by atoms with E-state index in [-0.39, 0.29) is 6.54 Å². The number of ether oxygens (including phenoxy) is 1. The van der Waals surface area contributed by atoms with Gasteiger partial charge < -0.3 is 20.5 Å². The molecule has 0 saturated carbocycles. The van der Waals surface area contributed by atoms with E-state index in [0.717, 1.165) is 33.5 Å². The van der Waals surface area contributed by atoms with Gasteiger partial charge in [-0.1, -0.05) is 24.3 Å². The Morgan fingerprint density at radius 2 is 2.29 bits per heavy atom. The maximum absolute atomic E-state index is 10.1. The molecule has 0 amide bonds. The molecule has 7 nitrogen and oxygen atoms in total. The number of β-amino-alcohol motifs (C(OH)–C–C–N with tert-alkyl or cyclic N) is 1. The number of hydrogen-bond donors (Lipinski definition) is 2. The highest BCUT2D eigenvalue weighted by molar-refractivity contribution is 7.20. The van der Waals surface area contributed by atoms with Crippen molar-refractivity contribution in [1.29, 1.82) is 0 Å². The first-order chi connectivity index (χ1) is 11.5. The number of fused-ring (bicyclic) bond motifs is 1. The molecule has 1 unspecified atom stereocenters. The quantitative estimate of drug-likeness (QED) is 0.865. The molecule has 3 heterocycles. The van der Waals surface area contributed by atoms with Crippen LogP contribution in [-0.4, -0.2) is 52.0 Å². The second-order valence-electron chi connectivity index (χ2n) is 6.57. The lowest BCUT2D eigenvalue weighted by Gasteiger charge is -2.45. The predicted octanol–water partition coefficient (Wildman–Crippen LogP) is 1.25. The van der Waals surface area contributed by atoms with Crippen molar-refractivity contribution in [1.82, 2.24) is 14.6 Å². The zero-order chi connectivity index (χ0) is 16.9. The van der Waals surface area contributed by atoms with Crippen molar-refractivity contribution in [3.63, 3.8) is 0 Å². The summed E-state index contributed by atoms with van der Waals surface area (Å²) >= 11 is 1.51. The average Bonchev–Trinajstić information content (AvgIpc) is 3.12. The molecule has 1 aliphatic heterocycles. The van der Waals surface area contributed by atoms with Crippen molar-refractivity contribution in [2.75, 3.05) is 31.6 Å². The topological polar surface area (TPSA) is 88.9 Å². The van der Waals surface area contributed by atoms with Gasteiger partial charge in [0, 0.05) is 12.1 Å². The van der Waals surface area contributed by atoms with Crippen LogP contribution in [0.2, 0.25) is 0 Å². The molecule has 1 aliphatic carbocycles. The van der Waals surface area contributed by atoms with Crippen LogP contribution in [-0.2, 0) is 4.74 Å². The number of imidazole rings is 1. The van der Waals surface area contributed by atoms with Gasteiger partial charge in [0.25, 0.3) is 0 Å². The van der Waals surface area contributed by atoms with Crippen molar-refractivity contribution in [3.05, 3.63) is 29.8 Å². The second kappa shape index (κ2) is 5.58. The number of hydrogen-bond acceptors (Lipinski definition) is 7. The van der Waals surface area contributed by atoms with Gasteiger partial charge in [-0.05, 0) is 18.4 Å². The number of aliphatic hydroxyl groups is 1. The van der Waals surface area contributed by atoms with Crippen LogP contribution >= 0.6 is 11.3 Å². The van der Waals surface area contributed by atoms with Crippen LogP contribution in [0.5, 0.6) is 0 Å². The molecule has 1 saturated heterocycles. The maximum Gasteiger partial charge on any atom is 0.214 e. The molecule has 2 aromatic heterocycles. The smallest absolute Gasteiger partial charge is 0.214 e. The summed E-state index contributed by atoms with van der Waals surface area (Å²) in [6.07, 6.45) is 7.13. The first-order valence-electron chi connectivity index (χ1n) is 8.02. The number of anilines is 1. The van der Waals surface area contributed by atoms with Crippen molar-refractivity contribution in [2.24, 2.45) is 11.7 Å². The van der Waals surface area contributed by atoms with Gasteiger partial charge in [-0.15, -0.1) is 5.10 Å². The van der Waals surface area contributed by atoms with Gasteiger partial charge in [0.2, 0.25) is 10.1 Å². The Bertz CT molecular complexity index is 831. The van der Waals surface area contributed by atoms with E-state index in [1.165, 1.54) is 11.3 Å². The summed E-state index contributed by atoms with van der Waals surface area (Å²) in [5.41, 5.74) is 6.76. The molecule has 128 valence electrons. The van der Waals surface area contributed by atoms with E-state index >= 15 is 0 Å². The Balaban J connectivity index is 1.65. The van der Waals surface area contributed by atoms with Crippen LogP contribution in [0.3, 0.4) is 0 Å². The molecule has 24 heavy (non-hydrogen) atoms. The average molecular weight is 347 g/mol. The van der Waals surface area contributed by atoms with E-state index in [1.54, 1.807) is 7.11 Å². The molecule has 4 rings (SSSR count). The molecule has 2 aliphatic rings. The number of methoxy groups -OCH3 is 1. The maximum atomic E-state index is 10.1. The molecule has 2 aromatic rings. The number of nitrogens with zero attached hydrogens (tertiary/aromatic N) is 4. The molecular formula is C16H21N5O2S. The molecule has 0 radical (unpaired) electrons. The second-order valence-corrected chi connectivity index (χ2v) is 7.51. The van der Waals surface area contributed by atoms with E-state index in [9.17, 15) is 5.11 Å². The number of aromatic nitrogens is 3. The molecule has 3 N–H and O–H groups in total. The SMILES string of the molecule is COC1=CC(C)CC=C1c1cnc2sc(N3CC(O)(CN)C3)nn12. The molecular weight excluding hydrogens is 326 g/mol. The standard InChI is InChI=1S/C16H21N5O2S/c1-10-3-4-11(13(5-10)23-2)12-6-18-14-21(12)19-15(24-14)20-8-16(22,7-17)9-20/h4-6,10,22H,3,7-9,17H2,1-2H3. The molecule has 0 aromatic carbocycles. The van der Waals surface area contributed by atoms with E-state index in [0.29, 0.717) is 19.0 Å². The van der Waals surface area contributed by atoms with Crippen LogP contribution in [0.15, 0.2) is 24.1 Å². The zero-order valence-electron chi connectivity index (χ0n) is 13.8. The van der Waals surface area contributed by atoms with E-state index in [4.69, 9.17) is 10.5 Å². The highest BCUT2D eigenvalue weighted by atomic mass is 32.1. The normalized spacial score (nSPS) is 23.0. The minimum Gasteiger partial charge on any atom is -0.496 e. The molecule has 1 atom stereocenters. The fourth-order valence-corrected chi connectivity index (χ4v) is 4.03. The number of rotatable bonds is 4. The third kappa shape index (κ3) is 2.42. The van der Waals surface area contributed by atoms with Crippen LogP contribution in [0, 0.1) is 5.92 Å². The highest BCUT2D eigenvalue weighted by Crippen LogP contribution is 2.35. The summed E-state index contributed by atoms with van der Waals surface area (Å²) in [4.78, 5) is 7.34. The summed E-state index contributed by atoms with van der Waals surface area (Å²) in [5, 5.41) is 15.6. The summed E-state index contributed by atoms with van der Waals surface area (Å²) < 4.78 is 7.40. The molecule has 1 fully saturated rings. The minimum absolute atomic E-state index is 0.268. The first-order valence-corrected chi connectivity index (χ1v) is 8.83. The van der Waals surface area contributed by atoms with Crippen molar-refractivity contribution < 1.29 is 9.84 Å². The Kier molecular flexibility index (Phi) is 3.63. The van der Waals surface area contributed by atoms with E-state index in [1.807, 2.05) is 15.6 Å². The molecule has 8 heteroatoms. The monoisotopic (exact) mass is 347 g/mol. The summed E-state index contributed by atoms with van der Waals surface area (Å²) in [5.74, 6) is 1.33. The number of allylic oxidation sites excluding steroid dienone is 3. The van der Waals surface area contributed by atoms with E-state index in [2.05, 4.69) is 29.2 Å². The summed E-state index contributed by atoms with van der Waals surface area (Å²) in [7, 11) is 1.69. The summed E-state index contributed by atoms with van der Waals surface area (Å²) in [6, 6.07) is 0. The van der Waals surface area contributed by atoms with E-state index < -0.39 is 5.60 Å². The lowest BCUT2D eigenvalue weighted by molar-refractivity contribution is 0.0208. The van der Waals surface area contributed by atoms with Crippen LogP contribution in [0.25, 0.3) is 10.5 Å². The summed E-state index contributed by atoms with van der Waals surface area (Å²) in [6.45, 7) is 3.46. The van der Waals surface area contributed by atoms with Gasteiger partial charge in [-0.2, -0.15) is 0 Å². The fraction of sp³-hybridized carbons (Fsp3) is 0.500. The third-order valence-corrected chi connectivity index (χ3v) is 5.57. The van der Waals surface area contributed by atoms with Gasteiger partial charge in [0.1, 0.15) is 11.4 Å². The Hall–Kier alpha value is -1.90. The van der Waals surface area contributed by atoms with Crippen LogP contribution in [0.1, 0.15) is 19.0 Å².